The van der Waals surface area contributed by atoms with E-state index in [4.69, 9.17) is 11.6 Å². The van der Waals surface area contributed by atoms with Crippen LogP contribution in [0.4, 0.5) is 0 Å². The third-order valence-electron chi connectivity index (χ3n) is 3.18. The number of hydrogen-bond acceptors (Lipinski definition) is 3. The van der Waals surface area contributed by atoms with E-state index in [1.165, 1.54) is 7.11 Å². The number of rotatable bonds is 5. The number of carbonyl (C=O) groups excluding carboxylic acids is 2. The number of ketones is 1. The molecule has 0 aliphatic heterocycles. The SMILES string of the molecule is COC(=O)CCC(=O)c1ccc(-c2ccccc2Cl)cc1. The maximum absolute atomic E-state index is 11.9. The highest BCUT2D eigenvalue weighted by Gasteiger charge is 2.10. The Hall–Kier alpha value is -2.13. The summed E-state index contributed by atoms with van der Waals surface area (Å²) in [6, 6.07) is 14.7. The summed E-state index contributed by atoms with van der Waals surface area (Å²) in [5.74, 6) is -0.456. The third-order valence-corrected chi connectivity index (χ3v) is 3.51. The van der Waals surface area contributed by atoms with E-state index in [2.05, 4.69) is 4.74 Å². The van der Waals surface area contributed by atoms with Gasteiger partial charge in [0, 0.05) is 22.6 Å². The summed E-state index contributed by atoms with van der Waals surface area (Å²) < 4.78 is 4.52. The van der Waals surface area contributed by atoms with Crippen LogP contribution in [-0.4, -0.2) is 18.9 Å². The van der Waals surface area contributed by atoms with Gasteiger partial charge < -0.3 is 4.74 Å². The average molecular weight is 303 g/mol. The lowest BCUT2D eigenvalue weighted by Crippen LogP contribution is -2.05. The molecule has 0 N–H and O–H groups in total. The quantitative estimate of drug-likeness (QED) is 0.616. The van der Waals surface area contributed by atoms with Gasteiger partial charge in [-0.2, -0.15) is 0 Å². The van der Waals surface area contributed by atoms with E-state index in [0.717, 1.165) is 11.1 Å². The Morgan fingerprint density at radius 2 is 1.67 bits per heavy atom. The highest BCUT2D eigenvalue weighted by atomic mass is 35.5. The van der Waals surface area contributed by atoms with Crippen LogP contribution in [0.1, 0.15) is 23.2 Å². The van der Waals surface area contributed by atoms with Crippen LogP contribution in [0.5, 0.6) is 0 Å². The zero-order chi connectivity index (χ0) is 15.2. The van der Waals surface area contributed by atoms with Gasteiger partial charge in [0.1, 0.15) is 0 Å². The van der Waals surface area contributed by atoms with Crippen molar-refractivity contribution in [2.24, 2.45) is 0 Å². The van der Waals surface area contributed by atoms with E-state index >= 15 is 0 Å². The first kappa shape index (κ1) is 15.3. The summed E-state index contributed by atoms with van der Waals surface area (Å²) >= 11 is 6.14. The topological polar surface area (TPSA) is 43.4 Å². The van der Waals surface area contributed by atoms with Gasteiger partial charge in [0.05, 0.1) is 13.5 Å². The van der Waals surface area contributed by atoms with Crippen molar-refractivity contribution in [3.63, 3.8) is 0 Å². The average Bonchev–Trinajstić information content (AvgIpc) is 2.53. The van der Waals surface area contributed by atoms with Crippen LogP contribution in [0.25, 0.3) is 11.1 Å². The molecular weight excluding hydrogens is 288 g/mol. The summed E-state index contributed by atoms with van der Waals surface area (Å²) in [6.07, 6.45) is 0.250. The molecule has 0 aliphatic rings. The predicted octanol–water partition coefficient (Wildman–Crippen LogP) is 4.14. The van der Waals surface area contributed by atoms with Gasteiger partial charge in [-0.15, -0.1) is 0 Å². The normalized spacial score (nSPS) is 10.2. The molecule has 2 aromatic rings. The number of carbonyl (C=O) groups is 2. The first-order valence-corrected chi connectivity index (χ1v) is 6.94. The highest BCUT2D eigenvalue weighted by molar-refractivity contribution is 6.33. The highest BCUT2D eigenvalue weighted by Crippen LogP contribution is 2.27. The van der Waals surface area contributed by atoms with Crippen molar-refractivity contribution < 1.29 is 14.3 Å². The molecule has 0 aromatic heterocycles. The van der Waals surface area contributed by atoms with E-state index in [1.807, 2.05) is 36.4 Å². The molecule has 0 atom stereocenters. The van der Waals surface area contributed by atoms with Gasteiger partial charge in [-0.05, 0) is 11.6 Å². The number of esters is 1. The van der Waals surface area contributed by atoms with Gasteiger partial charge >= 0.3 is 5.97 Å². The molecule has 21 heavy (non-hydrogen) atoms. The minimum absolute atomic E-state index is 0.0777. The van der Waals surface area contributed by atoms with E-state index in [0.29, 0.717) is 10.6 Å². The number of Topliss-reactive ketones (excluding diaryl/α,β-unsaturated/α-hetero) is 1. The van der Waals surface area contributed by atoms with Gasteiger partial charge in [-0.1, -0.05) is 54.1 Å². The molecule has 108 valence electrons. The molecule has 0 spiro atoms. The van der Waals surface area contributed by atoms with E-state index in [9.17, 15) is 9.59 Å². The molecule has 0 unspecified atom stereocenters. The lowest BCUT2D eigenvalue weighted by Gasteiger charge is -2.06. The molecule has 0 aliphatic carbocycles. The molecule has 2 rings (SSSR count). The zero-order valence-corrected chi connectivity index (χ0v) is 12.4. The second-order valence-electron chi connectivity index (χ2n) is 4.56. The van der Waals surface area contributed by atoms with Crippen LogP contribution in [0.15, 0.2) is 48.5 Å². The van der Waals surface area contributed by atoms with Gasteiger partial charge in [0.2, 0.25) is 0 Å². The Kier molecular flexibility index (Phi) is 5.12. The van der Waals surface area contributed by atoms with E-state index < -0.39 is 0 Å². The second kappa shape index (κ2) is 7.04. The van der Waals surface area contributed by atoms with Crippen LogP contribution >= 0.6 is 11.6 Å². The van der Waals surface area contributed by atoms with Crippen molar-refractivity contribution in [3.05, 3.63) is 59.1 Å². The van der Waals surface area contributed by atoms with Crippen molar-refractivity contribution >= 4 is 23.4 Å². The van der Waals surface area contributed by atoms with Crippen molar-refractivity contribution in [2.45, 2.75) is 12.8 Å². The standard InChI is InChI=1S/C17H15ClO3/c1-21-17(20)11-10-16(19)13-8-6-12(7-9-13)14-4-2-3-5-15(14)18/h2-9H,10-11H2,1H3. The summed E-state index contributed by atoms with van der Waals surface area (Å²) in [6.45, 7) is 0. The molecule has 3 nitrogen and oxygen atoms in total. The molecule has 0 heterocycles. The minimum Gasteiger partial charge on any atom is -0.469 e. The Labute approximate surface area is 128 Å². The maximum atomic E-state index is 11.9. The minimum atomic E-state index is -0.379. The van der Waals surface area contributed by atoms with Crippen LogP contribution in [-0.2, 0) is 9.53 Å². The molecule has 4 heteroatoms. The Morgan fingerprint density at radius 3 is 2.29 bits per heavy atom. The molecule has 0 radical (unpaired) electrons. The smallest absolute Gasteiger partial charge is 0.305 e. The summed E-state index contributed by atoms with van der Waals surface area (Å²) in [5.41, 5.74) is 2.45. The van der Waals surface area contributed by atoms with E-state index in [-0.39, 0.29) is 24.6 Å². The van der Waals surface area contributed by atoms with E-state index in [1.54, 1.807) is 12.1 Å². The van der Waals surface area contributed by atoms with Crippen molar-refractivity contribution in [1.29, 1.82) is 0 Å². The molecule has 0 bridgehead atoms. The van der Waals surface area contributed by atoms with Gasteiger partial charge in [0.15, 0.2) is 5.78 Å². The summed E-state index contributed by atoms with van der Waals surface area (Å²) in [4.78, 5) is 23.0. The van der Waals surface area contributed by atoms with Gasteiger partial charge in [-0.25, -0.2) is 0 Å². The van der Waals surface area contributed by atoms with Crippen molar-refractivity contribution in [1.82, 2.24) is 0 Å². The van der Waals surface area contributed by atoms with Gasteiger partial charge in [0.25, 0.3) is 0 Å². The fourth-order valence-corrected chi connectivity index (χ4v) is 2.24. The third kappa shape index (κ3) is 3.92. The van der Waals surface area contributed by atoms with Crippen molar-refractivity contribution in [3.8, 4) is 11.1 Å². The number of methoxy groups -OCH3 is 1. The summed E-state index contributed by atoms with van der Waals surface area (Å²) in [7, 11) is 1.31. The lowest BCUT2D eigenvalue weighted by atomic mass is 10.0. The molecule has 0 saturated heterocycles. The number of ether oxygens (including phenoxy) is 1. The predicted molar refractivity (Wildman–Crippen MR) is 82.5 cm³/mol. The number of hydrogen-bond donors (Lipinski definition) is 0. The van der Waals surface area contributed by atoms with Crippen LogP contribution in [0.2, 0.25) is 5.02 Å². The van der Waals surface area contributed by atoms with Crippen LogP contribution < -0.4 is 0 Å². The maximum Gasteiger partial charge on any atom is 0.305 e. The first-order chi connectivity index (χ1) is 10.1. The molecular formula is C17H15ClO3. The fraction of sp³-hybridized carbons (Fsp3) is 0.176. The summed E-state index contributed by atoms with van der Waals surface area (Å²) in [5, 5.41) is 0.669. The number of halogens is 1. The Bertz CT molecular complexity index is 647. The molecule has 0 saturated carbocycles. The number of benzene rings is 2. The lowest BCUT2D eigenvalue weighted by molar-refractivity contribution is -0.140. The van der Waals surface area contributed by atoms with Crippen LogP contribution in [0, 0.1) is 0 Å². The monoisotopic (exact) mass is 302 g/mol. The fourth-order valence-electron chi connectivity index (χ4n) is 1.99. The second-order valence-corrected chi connectivity index (χ2v) is 4.96. The zero-order valence-electron chi connectivity index (χ0n) is 11.6. The van der Waals surface area contributed by atoms with Crippen LogP contribution in [0.3, 0.4) is 0 Å². The molecule has 2 aromatic carbocycles. The molecule has 0 fully saturated rings. The first-order valence-electron chi connectivity index (χ1n) is 6.57. The Balaban J connectivity index is 2.10. The van der Waals surface area contributed by atoms with Gasteiger partial charge in [-0.3, -0.25) is 9.59 Å². The molecule has 0 amide bonds. The van der Waals surface area contributed by atoms with Crippen molar-refractivity contribution in [2.75, 3.05) is 7.11 Å². The Morgan fingerprint density at radius 1 is 1.00 bits per heavy atom. The largest absolute Gasteiger partial charge is 0.469 e.